The molecular formula is C6H5O3. The first kappa shape index (κ1) is 5.75. The van der Waals surface area contributed by atoms with Gasteiger partial charge >= 0.3 is 0 Å². The largest absolute Gasteiger partial charge is 0.504 e. The molecule has 0 spiro atoms. The highest BCUT2D eigenvalue weighted by Crippen LogP contribution is 2.32. The Balaban J connectivity index is 3.25. The third-order valence-electron chi connectivity index (χ3n) is 0.925. The van der Waals surface area contributed by atoms with E-state index in [1.54, 1.807) is 0 Å². The summed E-state index contributed by atoms with van der Waals surface area (Å²) in [7, 11) is 0. The van der Waals surface area contributed by atoms with Gasteiger partial charge in [0, 0.05) is 0 Å². The molecule has 0 saturated heterocycles. The van der Waals surface area contributed by atoms with Crippen LogP contribution in [0.25, 0.3) is 0 Å². The van der Waals surface area contributed by atoms with Crippen LogP contribution in [0.1, 0.15) is 0 Å². The highest BCUT2D eigenvalue weighted by Gasteiger charge is 2.01. The molecule has 0 aliphatic carbocycles. The lowest BCUT2D eigenvalue weighted by Crippen LogP contribution is -1.68. The smallest absolute Gasteiger partial charge is 0.200 e. The zero-order chi connectivity index (χ0) is 6.85. The van der Waals surface area contributed by atoms with Gasteiger partial charge in [-0.25, -0.2) is 0 Å². The Hall–Kier alpha value is -1.38. The van der Waals surface area contributed by atoms with Crippen molar-refractivity contribution in [2.24, 2.45) is 0 Å². The van der Waals surface area contributed by atoms with E-state index < -0.39 is 5.75 Å². The van der Waals surface area contributed by atoms with Crippen LogP contribution in [0.4, 0.5) is 0 Å². The molecule has 0 aromatic heterocycles. The molecular weight excluding hydrogens is 120 g/mol. The summed E-state index contributed by atoms with van der Waals surface area (Å²) in [5.41, 5.74) is 0. The Morgan fingerprint density at radius 1 is 1.00 bits per heavy atom. The number of hydrogen-bond donors (Lipinski definition) is 3. The summed E-state index contributed by atoms with van der Waals surface area (Å²) < 4.78 is 0. The van der Waals surface area contributed by atoms with Crippen LogP contribution >= 0.6 is 0 Å². The molecule has 1 rings (SSSR count). The molecule has 0 amide bonds. The van der Waals surface area contributed by atoms with Crippen LogP contribution in [0.3, 0.4) is 0 Å². The van der Waals surface area contributed by atoms with E-state index >= 15 is 0 Å². The van der Waals surface area contributed by atoms with Crippen LogP contribution in [-0.2, 0) is 0 Å². The van der Waals surface area contributed by atoms with Gasteiger partial charge < -0.3 is 15.3 Å². The molecule has 0 bridgehead atoms. The summed E-state index contributed by atoms with van der Waals surface area (Å²) in [6, 6.07) is 4.73. The van der Waals surface area contributed by atoms with Crippen molar-refractivity contribution in [3.8, 4) is 17.2 Å². The van der Waals surface area contributed by atoms with Crippen molar-refractivity contribution in [2.45, 2.75) is 0 Å². The third kappa shape index (κ3) is 0.887. The summed E-state index contributed by atoms with van der Waals surface area (Å²) in [6.45, 7) is 0. The molecule has 0 aliphatic heterocycles. The second-order valence-corrected chi connectivity index (χ2v) is 1.57. The predicted molar refractivity (Wildman–Crippen MR) is 30.3 cm³/mol. The molecule has 3 nitrogen and oxygen atoms in total. The lowest BCUT2D eigenvalue weighted by Gasteiger charge is -1.96. The summed E-state index contributed by atoms with van der Waals surface area (Å²) in [6.07, 6.45) is 0. The van der Waals surface area contributed by atoms with Gasteiger partial charge in [-0.1, -0.05) is 0 Å². The van der Waals surface area contributed by atoms with Gasteiger partial charge in [0.05, 0.1) is 0 Å². The molecule has 0 fully saturated rings. The molecule has 3 heteroatoms. The minimum absolute atomic E-state index is 0.366. The summed E-state index contributed by atoms with van der Waals surface area (Å²) >= 11 is 0. The normalized spacial score (nSPS) is 9.33. The van der Waals surface area contributed by atoms with Crippen LogP contribution in [0.15, 0.2) is 12.1 Å². The highest BCUT2D eigenvalue weighted by atomic mass is 16.3. The van der Waals surface area contributed by atoms with E-state index in [0.29, 0.717) is 0 Å². The van der Waals surface area contributed by atoms with Gasteiger partial charge in [-0.05, 0) is 18.2 Å². The maximum absolute atomic E-state index is 8.69. The number of rotatable bonds is 0. The van der Waals surface area contributed by atoms with Crippen LogP contribution in [0, 0.1) is 6.07 Å². The van der Waals surface area contributed by atoms with E-state index in [-0.39, 0.29) is 11.5 Å². The molecule has 9 heavy (non-hydrogen) atoms. The summed E-state index contributed by atoms with van der Waals surface area (Å²) in [5, 5.41) is 26.0. The van der Waals surface area contributed by atoms with E-state index in [4.69, 9.17) is 15.3 Å². The van der Waals surface area contributed by atoms with Crippen LogP contribution in [0.5, 0.6) is 17.2 Å². The van der Waals surface area contributed by atoms with E-state index in [9.17, 15) is 0 Å². The molecule has 0 aliphatic rings. The van der Waals surface area contributed by atoms with Crippen molar-refractivity contribution in [3.63, 3.8) is 0 Å². The fourth-order valence-electron chi connectivity index (χ4n) is 0.467. The number of hydrogen-bond acceptors (Lipinski definition) is 3. The molecule has 3 N–H and O–H groups in total. The zero-order valence-corrected chi connectivity index (χ0v) is 4.50. The standard InChI is InChI=1S/C6H5O3/c7-4-2-1-3-5(8)6(4)9/h2-3,7-9H. The van der Waals surface area contributed by atoms with Crippen LogP contribution in [0.2, 0.25) is 0 Å². The number of benzene rings is 1. The Labute approximate surface area is 51.8 Å². The molecule has 0 saturated carbocycles. The van der Waals surface area contributed by atoms with Crippen LogP contribution < -0.4 is 0 Å². The van der Waals surface area contributed by atoms with Gasteiger partial charge in [0.25, 0.3) is 0 Å². The van der Waals surface area contributed by atoms with E-state index in [2.05, 4.69) is 6.07 Å². The Morgan fingerprint density at radius 2 is 1.44 bits per heavy atom. The Kier molecular flexibility index (Phi) is 1.18. The number of phenols is 3. The highest BCUT2D eigenvalue weighted by molar-refractivity contribution is 5.47. The quantitative estimate of drug-likeness (QED) is 0.445. The third-order valence-corrected chi connectivity index (χ3v) is 0.925. The van der Waals surface area contributed by atoms with Crippen molar-refractivity contribution in [2.75, 3.05) is 0 Å². The summed E-state index contributed by atoms with van der Waals surface area (Å²) in [5.74, 6) is -1.24. The Bertz CT molecular complexity index is 199. The molecule has 1 aromatic rings. The topological polar surface area (TPSA) is 60.7 Å². The molecule has 0 heterocycles. The minimum Gasteiger partial charge on any atom is -0.504 e. The second-order valence-electron chi connectivity index (χ2n) is 1.57. The lowest BCUT2D eigenvalue weighted by molar-refractivity contribution is 0.368. The first-order valence-corrected chi connectivity index (χ1v) is 2.33. The van der Waals surface area contributed by atoms with Crippen molar-refractivity contribution in [1.29, 1.82) is 0 Å². The number of phenolic OH excluding ortho intramolecular Hbond substituents is 3. The average molecular weight is 125 g/mol. The monoisotopic (exact) mass is 125 g/mol. The zero-order valence-electron chi connectivity index (χ0n) is 4.50. The Morgan fingerprint density at radius 3 is 1.78 bits per heavy atom. The lowest BCUT2D eigenvalue weighted by atomic mass is 10.3. The first-order chi connectivity index (χ1) is 4.22. The van der Waals surface area contributed by atoms with Gasteiger partial charge in [0.15, 0.2) is 17.2 Å². The average Bonchev–Trinajstić information content (AvgIpc) is 1.83. The van der Waals surface area contributed by atoms with E-state index in [1.807, 2.05) is 0 Å². The van der Waals surface area contributed by atoms with Crippen molar-refractivity contribution >= 4 is 0 Å². The predicted octanol–water partition coefficient (Wildman–Crippen LogP) is 0.604. The molecule has 1 radical (unpaired) electrons. The SMILES string of the molecule is Oc1c[c]cc(O)c1O. The molecule has 1 aromatic carbocycles. The van der Waals surface area contributed by atoms with Gasteiger partial charge in [-0.3, -0.25) is 0 Å². The van der Waals surface area contributed by atoms with Gasteiger partial charge in [-0.15, -0.1) is 0 Å². The minimum atomic E-state index is -0.506. The first-order valence-electron chi connectivity index (χ1n) is 2.33. The second kappa shape index (κ2) is 1.85. The van der Waals surface area contributed by atoms with Gasteiger partial charge in [-0.2, -0.15) is 0 Å². The maximum Gasteiger partial charge on any atom is 0.200 e. The van der Waals surface area contributed by atoms with Gasteiger partial charge in [0.1, 0.15) is 0 Å². The fraction of sp³-hybridized carbons (Fsp3) is 0. The summed E-state index contributed by atoms with van der Waals surface area (Å²) in [4.78, 5) is 0. The molecule has 0 atom stereocenters. The molecule has 47 valence electrons. The maximum atomic E-state index is 8.69. The molecule has 0 unspecified atom stereocenters. The van der Waals surface area contributed by atoms with Crippen LogP contribution in [-0.4, -0.2) is 15.3 Å². The number of aromatic hydroxyl groups is 3. The van der Waals surface area contributed by atoms with Crippen molar-refractivity contribution in [3.05, 3.63) is 18.2 Å². The fourth-order valence-corrected chi connectivity index (χ4v) is 0.467. The van der Waals surface area contributed by atoms with Gasteiger partial charge in [0.2, 0.25) is 0 Å². The van der Waals surface area contributed by atoms with E-state index in [0.717, 1.165) is 12.1 Å². The van der Waals surface area contributed by atoms with Crippen molar-refractivity contribution < 1.29 is 15.3 Å². The van der Waals surface area contributed by atoms with E-state index in [1.165, 1.54) is 0 Å². The van der Waals surface area contributed by atoms with Crippen molar-refractivity contribution in [1.82, 2.24) is 0 Å².